The van der Waals surface area contributed by atoms with E-state index in [-0.39, 0.29) is 5.56 Å². The van der Waals surface area contributed by atoms with Gasteiger partial charge in [0, 0.05) is 11.1 Å². The van der Waals surface area contributed by atoms with Crippen molar-refractivity contribution in [2.75, 3.05) is 7.11 Å². The van der Waals surface area contributed by atoms with Crippen LogP contribution < -0.4 is 5.32 Å². The van der Waals surface area contributed by atoms with Crippen LogP contribution in [0.15, 0.2) is 41.1 Å². The molecule has 0 saturated heterocycles. The van der Waals surface area contributed by atoms with E-state index in [4.69, 9.17) is 0 Å². The van der Waals surface area contributed by atoms with Crippen molar-refractivity contribution < 1.29 is 31.5 Å². The van der Waals surface area contributed by atoms with Gasteiger partial charge in [0.1, 0.15) is 0 Å². The summed E-state index contributed by atoms with van der Waals surface area (Å²) in [5, 5.41) is 22.5. The third-order valence-electron chi connectivity index (χ3n) is 4.81. The molecule has 1 aliphatic carbocycles. The highest BCUT2D eigenvalue weighted by atomic mass is 19.4. The molecule has 0 unspecified atom stereocenters. The molecule has 2 rings (SSSR count). The number of hydrogen-bond donors (Lipinski definition) is 1. The van der Waals surface area contributed by atoms with Gasteiger partial charge in [0.15, 0.2) is 0 Å². The van der Waals surface area contributed by atoms with E-state index in [1.807, 2.05) is 0 Å². The average molecular weight is 453 g/mol. The predicted molar refractivity (Wildman–Crippen MR) is 105 cm³/mol. The standard InChI is InChI=1S/C22H20F5N3O2/c1-12-8-6-7-9-13(12)15-14(18(31)32-5)16(21(23,24)22(25,26)27)17(30-19(2,3)4)20(15,10-28)11-29/h6-9,30H,1-5H3. The summed E-state index contributed by atoms with van der Waals surface area (Å²) in [5.41, 5.74) is -8.01. The fourth-order valence-corrected chi connectivity index (χ4v) is 3.48. The number of carbonyl (C=O) groups is 1. The van der Waals surface area contributed by atoms with Gasteiger partial charge >= 0.3 is 18.1 Å². The third-order valence-corrected chi connectivity index (χ3v) is 4.81. The molecule has 1 aromatic rings. The maximum atomic E-state index is 14.9. The van der Waals surface area contributed by atoms with Crippen molar-refractivity contribution in [3.05, 3.63) is 52.2 Å². The number of ether oxygens (including phenoxy) is 1. The number of rotatable bonds is 4. The first-order chi connectivity index (χ1) is 14.6. The monoisotopic (exact) mass is 453 g/mol. The first-order valence-corrected chi connectivity index (χ1v) is 9.29. The number of nitriles is 2. The lowest BCUT2D eigenvalue weighted by Crippen LogP contribution is -2.45. The third kappa shape index (κ3) is 3.81. The van der Waals surface area contributed by atoms with Crippen molar-refractivity contribution in [2.24, 2.45) is 5.41 Å². The Bertz CT molecular complexity index is 1080. The van der Waals surface area contributed by atoms with Crippen LogP contribution in [0.2, 0.25) is 0 Å². The van der Waals surface area contributed by atoms with Crippen LogP contribution in [-0.2, 0) is 9.53 Å². The Kier molecular flexibility index (Phi) is 6.17. The zero-order chi connectivity index (χ0) is 24.7. The second-order valence-electron chi connectivity index (χ2n) is 8.23. The van der Waals surface area contributed by atoms with Gasteiger partial charge in [-0.25, -0.2) is 4.79 Å². The Morgan fingerprint density at radius 3 is 2.00 bits per heavy atom. The highest BCUT2D eigenvalue weighted by molar-refractivity contribution is 6.09. The molecule has 0 aliphatic heterocycles. The van der Waals surface area contributed by atoms with E-state index in [0.29, 0.717) is 5.56 Å². The van der Waals surface area contributed by atoms with Crippen molar-refractivity contribution in [3.8, 4) is 12.1 Å². The van der Waals surface area contributed by atoms with E-state index >= 15 is 0 Å². The van der Waals surface area contributed by atoms with Crippen LogP contribution in [0.3, 0.4) is 0 Å². The fourth-order valence-electron chi connectivity index (χ4n) is 3.48. The smallest absolute Gasteiger partial charge is 0.458 e. The quantitative estimate of drug-likeness (QED) is 0.523. The summed E-state index contributed by atoms with van der Waals surface area (Å²) in [7, 11) is 0.809. The van der Waals surface area contributed by atoms with Crippen LogP contribution >= 0.6 is 0 Å². The number of nitrogens with zero attached hydrogens (tertiary/aromatic N) is 2. The fraction of sp³-hybridized carbons (Fsp3) is 0.409. The Hall–Kier alpha value is -3.40. The van der Waals surface area contributed by atoms with E-state index in [2.05, 4.69) is 10.1 Å². The Morgan fingerprint density at radius 2 is 1.59 bits per heavy atom. The summed E-state index contributed by atoms with van der Waals surface area (Å²) >= 11 is 0. The maximum absolute atomic E-state index is 14.9. The molecule has 5 nitrogen and oxygen atoms in total. The number of benzene rings is 1. The molecule has 1 aliphatic rings. The van der Waals surface area contributed by atoms with Crippen LogP contribution in [-0.4, -0.2) is 30.7 Å². The Labute approximate surface area is 181 Å². The van der Waals surface area contributed by atoms with Crippen molar-refractivity contribution in [1.29, 1.82) is 10.5 Å². The number of esters is 1. The second-order valence-corrected chi connectivity index (χ2v) is 8.23. The molecule has 0 bridgehead atoms. The molecule has 1 N–H and O–H groups in total. The summed E-state index contributed by atoms with van der Waals surface area (Å²) in [5.74, 6) is -7.10. The van der Waals surface area contributed by atoms with Crippen molar-refractivity contribution in [1.82, 2.24) is 5.32 Å². The molecule has 0 amide bonds. The SMILES string of the molecule is COC(=O)C1=C(c2ccccc2C)C(C#N)(C#N)C(NC(C)(C)C)=C1C(F)(F)C(F)(F)F. The molecule has 10 heteroatoms. The number of aryl methyl sites for hydroxylation is 1. The van der Waals surface area contributed by atoms with E-state index in [9.17, 15) is 37.3 Å². The largest absolute Gasteiger partial charge is 0.465 e. The Balaban J connectivity index is 3.21. The molecule has 0 atom stereocenters. The predicted octanol–water partition coefficient (Wildman–Crippen LogP) is 4.81. The minimum atomic E-state index is -6.12. The number of carbonyl (C=O) groups excluding carboxylic acids is 1. The van der Waals surface area contributed by atoms with Gasteiger partial charge < -0.3 is 10.1 Å². The van der Waals surface area contributed by atoms with Gasteiger partial charge in [-0.05, 0) is 38.8 Å². The van der Waals surface area contributed by atoms with Gasteiger partial charge in [-0.2, -0.15) is 32.5 Å². The van der Waals surface area contributed by atoms with Gasteiger partial charge in [-0.3, -0.25) is 0 Å². The molecular weight excluding hydrogens is 433 g/mol. The van der Waals surface area contributed by atoms with E-state index in [0.717, 1.165) is 7.11 Å². The molecule has 170 valence electrons. The molecular formula is C22H20F5N3O2. The van der Waals surface area contributed by atoms with Gasteiger partial charge in [0.25, 0.3) is 0 Å². The summed E-state index contributed by atoms with van der Waals surface area (Å²) in [6, 6.07) is 9.04. The average Bonchev–Trinajstić information content (AvgIpc) is 2.96. The van der Waals surface area contributed by atoms with Crippen LogP contribution in [0.5, 0.6) is 0 Å². The maximum Gasteiger partial charge on any atom is 0.458 e. The summed E-state index contributed by atoms with van der Waals surface area (Å²) in [6.07, 6.45) is -6.12. The number of hydrogen-bond acceptors (Lipinski definition) is 5. The lowest BCUT2D eigenvalue weighted by Gasteiger charge is -2.31. The highest BCUT2D eigenvalue weighted by Crippen LogP contribution is 2.58. The summed E-state index contributed by atoms with van der Waals surface area (Å²) in [6.45, 7) is 5.86. The Morgan fingerprint density at radius 1 is 1.06 bits per heavy atom. The molecule has 0 spiro atoms. The molecule has 0 heterocycles. The molecule has 1 aromatic carbocycles. The molecule has 0 fully saturated rings. The highest BCUT2D eigenvalue weighted by Gasteiger charge is 2.67. The number of halogens is 5. The van der Waals surface area contributed by atoms with Gasteiger partial charge in [0.2, 0.25) is 5.41 Å². The topological polar surface area (TPSA) is 85.9 Å². The lowest BCUT2D eigenvalue weighted by atomic mass is 9.77. The van der Waals surface area contributed by atoms with Crippen molar-refractivity contribution >= 4 is 11.5 Å². The number of alkyl halides is 5. The normalized spacial score (nSPS) is 16.5. The van der Waals surface area contributed by atoms with Crippen LogP contribution in [0.4, 0.5) is 22.0 Å². The van der Waals surface area contributed by atoms with Crippen LogP contribution in [0.25, 0.3) is 5.57 Å². The zero-order valence-electron chi connectivity index (χ0n) is 17.9. The number of methoxy groups -OCH3 is 1. The van der Waals surface area contributed by atoms with E-state index in [1.54, 1.807) is 18.2 Å². The van der Waals surface area contributed by atoms with Crippen LogP contribution in [0, 0.1) is 35.0 Å². The number of nitrogens with one attached hydrogen (secondary N) is 1. The zero-order valence-corrected chi connectivity index (χ0v) is 17.9. The van der Waals surface area contributed by atoms with E-state index < -0.39 is 51.4 Å². The molecule has 32 heavy (non-hydrogen) atoms. The molecule has 0 saturated carbocycles. The first kappa shape index (κ1) is 24.9. The molecule has 0 radical (unpaired) electrons. The first-order valence-electron chi connectivity index (χ1n) is 9.29. The molecule has 0 aromatic heterocycles. The lowest BCUT2D eigenvalue weighted by molar-refractivity contribution is -0.263. The number of allylic oxidation sites excluding steroid dienone is 1. The second kappa shape index (κ2) is 7.94. The minimum absolute atomic E-state index is 0.00261. The minimum Gasteiger partial charge on any atom is -0.465 e. The summed E-state index contributed by atoms with van der Waals surface area (Å²) in [4.78, 5) is 12.7. The van der Waals surface area contributed by atoms with Gasteiger partial charge in [-0.1, -0.05) is 24.3 Å². The van der Waals surface area contributed by atoms with Gasteiger partial charge in [0.05, 0.1) is 36.1 Å². The van der Waals surface area contributed by atoms with Crippen molar-refractivity contribution in [2.45, 2.75) is 45.3 Å². The van der Waals surface area contributed by atoms with Crippen LogP contribution in [0.1, 0.15) is 31.9 Å². The van der Waals surface area contributed by atoms with E-state index in [1.165, 1.54) is 45.9 Å². The summed E-state index contributed by atoms with van der Waals surface area (Å²) < 4.78 is 75.1. The van der Waals surface area contributed by atoms with Crippen molar-refractivity contribution in [3.63, 3.8) is 0 Å². The van der Waals surface area contributed by atoms with Gasteiger partial charge in [-0.15, -0.1) is 0 Å².